The zero-order chi connectivity index (χ0) is 27.0. The van der Waals surface area contributed by atoms with E-state index in [-0.39, 0.29) is 34.9 Å². The number of fused-ring (bicyclic) bond motifs is 1. The fourth-order valence-electron chi connectivity index (χ4n) is 4.57. The summed E-state index contributed by atoms with van der Waals surface area (Å²) in [5.74, 6) is -9.26. The highest BCUT2D eigenvalue weighted by Gasteiger charge is 2.29. The summed E-state index contributed by atoms with van der Waals surface area (Å²) in [4.78, 5) is 14.5. The third-order valence-electron chi connectivity index (χ3n) is 6.39. The lowest BCUT2D eigenvalue weighted by Gasteiger charge is -2.15. The Morgan fingerprint density at radius 1 is 1.05 bits per heavy atom. The molecule has 2 aromatic carbocycles. The van der Waals surface area contributed by atoms with Crippen LogP contribution in [0.4, 0.5) is 27.8 Å². The molecule has 0 radical (unpaired) electrons. The molecule has 5 rings (SSSR count). The van der Waals surface area contributed by atoms with Crippen LogP contribution in [0, 0.1) is 29.1 Å². The zero-order valence-electron chi connectivity index (χ0n) is 20.0. The molecule has 3 heterocycles. The molecule has 2 N–H and O–H groups in total. The second-order valence-corrected chi connectivity index (χ2v) is 8.84. The molecule has 8 nitrogen and oxygen atoms in total. The van der Waals surface area contributed by atoms with Gasteiger partial charge in [0.1, 0.15) is 29.4 Å². The summed E-state index contributed by atoms with van der Waals surface area (Å²) in [6.07, 6.45) is 2.97. The number of hydrogen-bond acceptors (Lipinski definition) is 7. The predicted octanol–water partition coefficient (Wildman–Crippen LogP) is 4.90. The van der Waals surface area contributed by atoms with Gasteiger partial charge < -0.3 is 20.4 Å². The summed E-state index contributed by atoms with van der Waals surface area (Å²) in [6.45, 7) is 6.57. The molecule has 0 unspecified atom stereocenters. The third-order valence-corrected chi connectivity index (χ3v) is 6.39. The molecule has 1 aliphatic rings. The van der Waals surface area contributed by atoms with Crippen LogP contribution in [0.2, 0.25) is 0 Å². The minimum Gasteiger partial charge on any atom is -0.451 e. The minimum atomic E-state index is -1.74. The summed E-state index contributed by atoms with van der Waals surface area (Å²) in [5.41, 5.74) is 6.73. The minimum absolute atomic E-state index is 0.000812. The molecular weight excluding hydrogens is 509 g/mol. The lowest BCUT2D eigenvalue weighted by molar-refractivity contribution is 0.318. The van der Waals surface area contributed by atoms with Gasteiger partial charge in [-0.3, -0.25) is 0 Å². The average molecular weight is 531 g/mol. The number of anilines is 1. The second kappa shape index (κ2) is 10.3. The number of nitrogens with two attached hydrogens (primary N) is 1. The molecule has 0 spiro atoms. The van der Waals surface area contributed by atoms with Gasteiger partial charge in [0.05, 0.1) is 11.4 Å². The fourth-order valence-corrected chi connectivity index (χ4v) is 4.57. The summed E-state index contributed by atoms with van der Waals surface area (Å²) in [6, 6.07) is 3.29. The van der Waals surface area contributed by atoms with Crippen LogP contribution in [0.3, 0.4) is 0 Å². The quantitative estimate of drug-likeness (QED) is 0.150. The Morgan fingerprint density at radius 2 is 1.82 bits per heavy atom. The van der Waals surface area contributed by atoms with Crippen molar-refractivity contribution < 1.29 is 26.7 Å². The summed E-state index contributed by atoms with van der Waals surface area (Å²) in [5, 5.41) is 4.98. The van der Waals surface area contributed by atoms with Crippen LogP contribution in [-0.4, -0.2) is 57.5 Å². The Morgan fingerprint density at radius 3 is 2.53 bits per heavy atom. The Balaban J connectivity index is 1.48. The van der Waals surface area contributed by atoms with Gasteiger partial charge in [0.25, 0.3) is 0 Å². The molecule has 1 atom stereocenters. The standard InChI is InChI=1S/C25H22F5N7O/c1-32-6-2-7-36-8-5-13(11-36)37-25-19(24(31)33-12-34-25)22(35-37)15-4-3-14(9-16(15)26)38-23-20(29)17(27)10-18(28)21(23)30/h3-4,9-10,12-13H,1-2,5-8,11H2,(H2,31,33,34)/t13-/m1/s1. The number of hydrogen-bond donors (Lipinski definition) is 1. The van der Waals surface area contributed by atoms with Gasteiger partial charge in [-0.25, -0.2) is 27.8 Å². The summed E-state index contributed by atoms with van der Waals surface area (Å²) >= 11 is 0. The topological polar surface area (TPSA) is 94.5 Å². The highest BCUT2D eigenvalue weighted by atomic mass is 19.2. The first-order valence-electron chi connectivity index (χ1n) is 11.7. The highest BCUT2D eigenvalue weighted by molar-refractivity contribution is 5.98. The second-order valence-electron chi connectivity index (χ2n) is 8.84. The number of halogens is 5. The first kappa shape index (κ1) is 25.5. The maximum Gasteiger partial charge on any atom is 0.204 e. The third kappa shape index (κ3) is 4.64. The number of aliphatic imine (C=N–C) groups is 1. The molecule has 0 aliphatic carbocycles. The molecule has 198 valence electrons. The van der Waals surface area contributed by atoms with Crippen LogP contribution < -0.4 is 10.5 Å². The molecule has 0 saturated carbocycles. The average Bonchev–Trinajstić information content (AvgIpc) is 3.51. The van der Waals surface area contributed by atoms with Crippen molar-refractivity contribution in [2.75, 3.05) is 31.9 Å². The van der Waals surface area contributed by atoms with E-state index < -0.39 is 34.8 Å². The number of aromatic nitrogens is 4. The van der Waals surface area contributed by atoms with E-state index in [1.807, 2.05) is 0 Å². The molecule has 2 aromatic heterocycles. The fraction of sp³-hybridized carbons (Fsp3) is 0.280. The molecule has 4 aromatic rings. The molecule has 1 aliphatic heterocycles. The first-order chi connectivity index (χ1) is 18.3. The number of benzene rings is 2. The van der Waals surface area contributed by atoms with E-state index in [0.29, 0.717) is 24.1 Å². The maximum atomic E-state index is 15.3. The van der Waals surface area contributed by atoms with Crippen molar-refractivity contribution in [2.45, 2.75) is 18.9 Å². The first-order valence-corrected chi connectivity index (χ1v) is 11.7. The normalized spacial score (nSPS) is 15.9. The van der Waals surface area contributed by atoms with E-state index in [0.717, 1.165) is 32.0 Å². The van der Waals surface area contributed by atoms with E-state index in [9.17, 15) is 17.6 Å². The van der Waals surface area contributed by atoms with E-state index in [2.05, 4.69) is 31.7 Å². The summed E-state index contributed by atoms with van der Waals surface area (Å²) in [7, 11) is 0. The van der Waals surface area contributed by atoms with E-state index in [1.165, 1.54) is 18.5 Å². The van der Waals surface area contributed by atoms with Gasteiger partial charge >= 0.3 is 0 Å². The largest absolute Gasteiger partial charge is 0.451 e. The summed E-state index contributed by atoms with van der Waals surface area (Å²) < 4.78 is 77.0. The van der Waals surface area contributed by atoms with E-state index >= 15 is 4.39 Å². The van der Waals surface area contributed by atoms with Gasteiger partial charge in [-0.15, -0.1) is 0 Å². The molecule has 0 bridgehead atoms. The van der Waals surface area contributed by atoms with Crippen molar-refractivity contribution in [2.24, 2.45) is 4.99 Å². The number of nitrogen functional groups attached to an aromatic ring is 1. The van der Waals surface area contributed by atoms with E-state index in [4.69, 9.17) is 10.5 Å². The Hall–Kier alpha value is -4.13. The van der Waals surface area contributed by atoms with Crippen LogP contribution in [0.15, 0.2) is 35.6 Å². The van der Waals surface area contributed by atoms with Crippen molar-refractivity contribution in [3.63, 3.8) is 0 Å². The Kier molecular flexibility index (Phi) is 6.93. The van der Waals surface area contributed by atoms with Crippen molar-refractivity contribution in [1.82, 2.24) is 24.6 Å². The zero-order valence-corrected chi connectivity index (χ0v) is 20.0. The smallest absolute Gasteiger partial charge is 0.204 e. The van der Waals surface area contributed by atoms with Crippen LogP contribution in [-0.2, 0) is 0 Å². The van der Waals surface area contributed by atoms with Crippen LogP contribution in [0.25, 0.3) is 22.3 Å². The monoisotopic (exact) mass is 531 g/mol. The van der Waals surface area contributed by atoms with Gasteiger partial charge in [-0.05, 0) is 38.2 Å². The van der Waals surface area contributed by atoms with Crippen molar-refractivity contribution in [3.8, 4) is 22.8 Å². The lowest BCUT2D eigenvalue weighted by Crippen LogP contribution is -2.23. The molecule has 1 fully saturated rings. The molecule has 38 heavy (non-hydrogen) atoms. The number of rotatable bonds is 8. The Labute approximate surface area is 213 Å². The molecule has 1 saturated heterocycles. The molecular formula is C25H22F5N7O. The maximum absolute atomic E-state index is 15.3. The lowest BCUT2D eigenvalue weighted by atomic mass is 10.1. The van der Waals surface area contributed by atoms with Crippen molar-refractivity contribution in [1.29, 1.82) is 0 Å². The predicted molar refractivity (Wildman–Crippen MR) is 131 cm³/mol. The Bertz CT molecular complexity index is 1500. The SMILES string of the molecule is C=NCCCN1CC[C@@H](n2nc(-c3ccc(Oc4c(F)c(F)cc(F)c4F)cc3F)c3c(N)ncnc32)C1. The van der Waals surface area contributed by atoms with Crippen LogP contribution in [0.5, 0.6) is 11.5 Å². The van der Waals surface area contributed by atoms with E-state index in [1.54, 1.807) is 4.68 Å². The van der Waals surface area contributed by atoms with Crippen molar-refractivity contribution in [3.05, 3.63) is 59.7 Å². The van der Waals surface area contributed by atoms with Crippen LogP contribution >= 0.6 is 0 Å². The number of likely N-dealkylation sites (tertiary alicyclic amines) is 1. The van der Waals surface area contributed by atoms with Gasteiger partial charge in [0.2, 0.25) is 17.4 Å². The highest BCUT2D eigenvalue weighted by Crippen LogP contribution is 2.37. The van der Waals surface area contributed by atoms with Crippen molar-refractivity contribution >= 4 is 23.6 Å². The van der Waals surface area contributed by atoms with Crippen LogP contribution in [0.1, 0.15) is 18.9 Å². The molecule has 0 amide bonds. The number of ether oxygens (including phenoxy) is 1. The van der Waals surface area contributed by atoms with Gasteiger partial charge in [0, 0.05) is 37.3 Å². The number of nitrogens with zero attached hydrogens (tertiary/aromatic N) is 6. The van der Waals surface area contributed by atoms with Gasteiger partial charge in [0.15, 0.2) is 17.3 Å². The molecule has 13 heteroatoms. The van der Waals surface area contributed by atoms with Gasteiger partial charge in [-0.2, -0.15) is 13.9 Å². The van der Waals surface area contributed by atoms with Gasteiger partial charge in [-0.1, -0.05) is 0 Å².